The molecule has 0 bridgehead atoms. The van der Waals surface area contributed by atoms with E-state index in [1.807, 2.05) is 30.3 Å². The maximum absolute atomic E-state index is 12.9. The van der Waals surface area contributed by atoms with Gasteiger partial charge in [-0.1, -0.05) is 41.9 Å². The Morgan fingerprint density at radius 3 is 2.31 bits per heavy atom. The molecule has 2 saturated heterocycles. The molecule has 0 aromatic heterocycles. The number of halogens is 2. The Bertz CT molecular complexity index is 819. The monoisotopic (exact) mass is 458 g/mol. The second-order valence-electron chi connectivity index (χ2n) is 7.40. The van der Waals surface area contributed by atoms with Crippen LogP contribution >= 0.6 is 33.3 Å². The SMILES string of the molecule is CC(C)(SCl)C(C(=O)OCc1ccccc1)N1C(=O)C(N2C(=O)CCC2=O)C1Cl. The van der Waals surface area contributed by atoms with Crippen molar-refractivity contribution in [1.82, 2.24) is 9.80 Å². The number of nitrogens with zero attached hydrogens (tertiary/aromatic N) is 2. The lowest BCUT2D eigenvalue weighted by molar-refractivity contribution is -0.174. The van der Waals surface area contributed by atoms with Crippen molar-refractivity contribution in [3.8, 4) is 0 Å². The average molecular weight is 459 g/mol. The summed E-state index contributed by atoms with van der Waals surface area (Å²) in [4.78, 5) is 51.8. The first-order valence-electron chi connectivity index (χ1n) is 9.00. The van der Waals surface area contributed by atoms with Gasteiger partial charge in [0.05, 0.1) is 4.75 Å². The van der Waals surface area contributed by atoms with Crippen molar-refractivity contribution < 1.29 is 23.9 Å². The summed E-state index contributed by atoms with van der Waals surface area (Å²) in [6.07, 6.45) is 0.107. The number of ether oxygens (including phenoxy) is 1. The van der Waals surface area contributed by atoms with E-state index in [0.717, 1.165) is 26.3 Å². The smallest absolute Gasteiger partial charge is 0.330 e. The summed E-state index contributed by atoms with van der Waals surface area (Å²) in [5.74, 6) is -2.11. The van der Waals surface area contributed by atoms with Crippen molar-refractivity contribution in [3.05, 3.63) is 35.9 Å². The molecule has 0 radical (unpaired) electrons. The quantitative estimate of drug-likeness (QED) is 0.205. The van der Waals surface area contributed by atoms with Crippen molar-refractivity contribution in [2.24, 2.45) is 0 Å². The summed E-state index contributed by atoms with van der Waals surface area (Å²) in [5.41, 5.74) is -0.245. The van der Waals surface area contributed by atoms with E-state index in [0.29, 0.717) is 0 Å². The molecule has 1 aromatic rings. The highest BCUT2D eigenvalue weighted by molar-refractivity contribution is 8.22. The number of amides is 3. The maximum Gasteiger partial charge on any atom is 0.330 e. The third-order valence-electron chi connectivity index (χ3n) is 4.98. The number of alkyl halides is 1. The van der Waals surface area contributed by atoms with Gasteiger partial charge in [-0.3, -0.25) is 19.3 Å². The molecule has 7 nitrogen and oxygen atoms in total. The number of esters is 1. The molecule has 3 amide bonds. The van der Waals surface area contributed by atoms with E-state index in [1.54, 1.807) is 13.8 Å². The van der Waals surface area contributed by atoms with Gasteiger partial charge in [-0.25, -0.2) is 4.79 Å². The molecule has 2 fully saturated rings. The van der Waals surface area contributed by atoms with Crippen LogP contribution in [0.1, 0.15) is 32.3 Å². The van der Waals surface area contributed by atoms with Crippen molar-refractivity contribution in [2.45, 2.75) is 55.6 Å². The lowest BCUT2D eigenvalue weighted by Gasteiger charge is -2.51. The molecule has 2 aliphatic heterocycles. The Morgan fingerprint density at radius 2 is 1.79 bits per heavy atom. The van der Waals surface area contributed by atoms with Crippen molar-refractivity contribution in [3.63, 3.8) is 0 Å². The second kappa shape index (κ2) is 8.53. The summed E-state index contributed by atoms with van der Waals surface area (Å²) < 4.78 is 4.50. The third-order valence-corrected chi connectivity index (χ3v) is 7.25. The Hall–Kier alpha value is -1.77. The number of carbonyl (C=O) groups excluding carboxylic acids is 4. The molecular formula is C19H20Cl2N2O5S. The Labute approximate surface area is 182 Å². The Balaban J connectivity index is 1.79. The van der Waals surface area contributed by atoms with Crippen LogP contribution < -0.4 is 0 Å². The van der Waals surface area contributed by atoms with Crippen LogP contribution in [0.25, 0.3) is 0 Å². The van der Waals surface area contributed by atoms with Gasteiger partial charge in [0.1, 0.15) is 18.1 Å². The first kappa shape index (κ1) is 21.9. The molecule has 10 heteroatoms. The first-order chi connectivity index (χ1) is 13.7. The van der Waals surface area contributed by atoms with Crippen molar-refractivity contribution in [1.29, 1.82) is 0 Å². The van der Waals surface area contributed by atoms with E-state index in [-0.39, 0.29) is 19.4 Å². The van der Waals surface area contributed by atoms with E-state index in [2.05, 4.69) is 0 Å². The number of benzene rings is 1. The minimum Gasteiger partial charge on any atom is -0.459 e. The molecule has 29 heavy (non-hydrogen) atoms. The zero-order chi connectivity index (χ0) is 21.3. The van der Waals surface area contributed by atoms with Gasteiger partial charge in [-0.05, 0) is 41.1 Å². The summed E-state index contributed by atoms with van der Waals surface area (Å²) in [7, 11) is 6.86. The van der Waals surface area contributed by atoms with Crippen LogP contribution in [0.3, 0.4) is 0 Å². The number of imide groups is 1. The first-order valence-corrected chi connectivity index (χ1v) is 11.1. The lowest BCUT2D eigenvalue weighted by Crippen LogP contribution is -2.75. The molecule has 0 aliphatic carbocycles. The summed E-state index contributed by atoms with van der Waals surface area (Å²) >= 11 is 6.40. The van der Waals surface area contributed by atoms with Crippen molar-refractivity contribution >= 4 is 56.9 Å². The van der Waals surface area contributed by atoms with Gasteiger partial charge in [0.2, 0.25) is 11.8 Å². The van der Waals surface area contributed by atoms with Crippen LogP contribution in [0, 0.1) is 0 Å². The van der Waals surface area contributed by atoms with E-state index >= 15 is 0 Å². The highest BCUT2D eigenvalue weighted by atomic mass is 35.7. The zero-order valence-electron chi connectivity index (χ0n) is 15.8. The fourth-order valence-corrected chi connectivity index (χ4v) is 4.43. The van der Waals surface area contributed by atoms with Crippen LogP contribution in [0.2, 0.25) is 0 Å². The van der Waals surface area contributed by atoms with Gasteiger partial charge in [0.15, 0.2) is 6.04 Å². The molecule has 0 saturated carbocycles. The van der Waals surface area contributed by atoms with Gasteiger partial charge < -0.3 is 9.64 Å². The second-order valence-corrected chi connectivity index (χ2v) is 9.51. The number of likely N-dealkylation sites (tertiary alicyclic amines) is 2. The largest absolute Gasteiger partial charge is 0.459 e. The van der Waals surface area contributed by atoms with Crippen LogP contribution in [-0.2, 0) is 30.5 Å². The summed E-state index contributed by atoms with van der Waals surface area (Å²) in [6.45, 7) is 3.41. The van der Waals surface area contributed by atoms with Gasteiger partial charge in [-0.15, -0.1) is 0 Å². The molecular weight excluding hydrogens is 439 g/mol. The van der Waals surface area contributed by atoms with E-state index in [1.165, 1.54) is 0 Å². The molecule has 3 atom stereocenters. The Morgan fingerprint density at radius 1 is 1.21 bits per heavy atom. The molecule has 0 spiro atoms. The van der Waals surface area contributed by atoms with Crippen LogP contribution in [0.5, 0.6) is 0 Å². The van der Waals surface area contributed by atoms with E-state index in [4.69, 9.17) is 27.0 Å². The number of carbonyl (C=O) groups is 4. The van der Waals surface area contributed by atoms with Crippen LogP contribution in [0.4, 0.5) is 0 Å². The standard InChI is InChI=1S/C19H20Cl2N2O5S/c1-19(2,29-21)15(18(27)28-10-11-6-4-3-5-7-11)23-16(20)14(17(23)26)22-12(24)8-9-13(22)25/h3-7,14-16H,8-10H2,1-2H3. The highest BCUT2D eigenvalue weighted by Crippen LogP contribution is 2.42. The topological polar surface area (TPSA) is 84.0 Å². The number of β-lactam (4-membered cyclic amide) rings is 1. The molecule has 2 aliphatic rings. The van der Waals surface area contributed by atoms with Gasteiger partial charge in [0, 0.05) is 12.8 Å². The minimum absolute atomic E-state index is 0.0285. The highest BCUT2D eigenvalue weighted by Gasteiger charge is 2.60. The zero-order valence-corrected chi connectivity index (χ0v) is 18.2. The summed E-state index contributed by atoms with van der Waals surface area (Å²) in [5, 5.41) is 0. The molecule has 3 unspecified atom stereocenters. The van der Waals surface area contributed by atoms with Gasteiger partial charge in [-0.2, -0.15) is 0 Å². The minimum atomic E-state index is -1.11. The Kier molecular flexibility index (Phi) is 6.45. The predicted molar refractivity (Wildman–Crippen MR) is 109 cm³/mol. The lowest BCUT2D eigenvalue weighted by atomic mass is 9.94. The molecule has 3 rings (SSSR count). The van der Waals surface area contributed by atoms with Gasteiger partial charge >= 0.3 is 5.97 Å². The van der Waals surface area contributed by atoms with E-state index in [9.17, 15) is 19.2 Å². The fourth-order valence-electron chi connectivity index (χ4n) is 3.45. The third kappa shape index (κ3) is 4.11. The molecule has 1 aromatic carbocycles. The molecule has 0 N–H and O–H groups in total. The summed E-state index contributed by atoms with van der Waals surface area (Å²) in [6, 6.07) is 6.91. The average Bonchev–Trinajstić information content (AvgIpc) is 3.03. The van der Waals surface area contributed by atoms with Crippen LogP contribution in [0.15, 0.2) is 30.3 Å². The number of hydrogen-bond acceptors (Lipinski definition) is 6. The fraction of sp³-hybridized carbons (Fsp3) is 0.474. The van der Waals surface area contributed by atoms with E-state index < -0.39 is 46.0 Å². The normalized spacial score (nSPS) is 23.2. The number of hydrogen-bond donors (Lipinski definition) is 0. The predicted octanol–water partition coefficient (Wildman–Crippen LogP) is 2.69. The molecule has 2 heterocycles. The van der Waals surface area contributed by atoms with Crippen LogP contribution in [-0.4, -0.2) is 55.8 Å². The molecule has 156 valence electrons. The van der Waals surface area contributed by atoms with Crippen molar-refractivity contribution in [2.75, 3.05) is 0 Å². The number of rotatable bonds is 7. The maximum atomic E-state index is 12.9. The van der Waals surface area contributed by atoms with Gasteiger partial charge in [0.25, 0.3) is 5.91 Å².